The predicted octanol–water partition coefficient (Wildman–Crippen LogP) is 4.87. The van der Waals surface area contributed by atoms with Crippen LogP contribution >= 0.6 is 0 Å². The molecular weight excluding hydrogens is 354 g/mol. The Morgan fingerprint density at radius 1 is 1.00 bits per heavy atom. The summed E-state index contributed by atoms with van der Waals surface area (Å²) < 4.78 is 5.13. The Morgan fingerprint density at radius 2 is 1.75 bits per heavy atom. The minimum absolute atomic E-state index is 0.0619. The number of hydroxylamine groups is 2. The van der Waals surface area contributed by atoms with Gasteiger partial charge in [-0.05, 0) is 29.7 Å². The van der Waals surface area contributed by atoms with Crippen molar-refractivity contribution < 1.29 is 19.5 Å². The van der Waals surface area contributed by atoms with Crippen LogP contribution in [0.5, 0.6) is 11.5 Å². The van der Waals surface area contributed by atoms with E-state index in [1.165, 1.54) is 31.4 Å². The molecule has 0 saturated heterocycles. The summed E-state index contributed by atoms with van der Waals surface area (Å²) in [6.07, 6.45) is 5.77. The number of carbonyl (C=O) groups excluding carboxylic acids is 1. The first-order valence-electron chi connectivity index (χ1n) is 9.97. The van der Waals surface area contributed by atoms with Crippen molar-refractivity contribution in [3.63, 3.8) is 0 Å². The van der Waals surface area contributed by atoms with E-state index < -0.39 is 0 Å². The summed E-state index contributed by atoms with van der Waals surface area (Å²) in [6, 6.07) is 14.8. The van der Waals surface area contributed by atoms with Gasteiger partial charge in [-0.2, -0.15) is 0 Å². The SMILES string of the molecule is CCCCCCCN(OCc1ccccc1)C(=O)Cc1ccc(O)c(OC)c1. The summed E-state index contributed by atoms with van der Waals surface area (Å²) in [7, 11) is 1.49. The lowest BCUT2D eigenvalue weighted by Gasteiger charge is -2.22. The van der Waals surface area contributed by atoms with Crippen molar-refractivity contribution >= 4 is 5.91 Å². The summed E-state index contributed by atoms with van der Waals surface area (Å²) in [5.41, 5.74) is 1.80. The zero-order chi connectivity index (χ0) is 20.2. The fourth-order valence-corrected chi connectivity index (χ4v) is 2.94. The molecule has 1 amide bonds. The zero-order valence-corrected chi connectivity index (χ0v) is 16.9. The molecule has 152 valence electrons. The van der Waals surface area contributed by atoms with Gasteiger partial charge in [-0.1, -0.05) is 69.0 Å². The third kappa shape index (κ3) is 7.24. The lowest BCUT2D eigenvalue weighted by atomic mass is 10.1. The Bertz CT molecular complexity index is 718. The van der Waals surface area contributed by atoms with Gasteiger partial charge in [0.15, 0.2) is 11.5 Å². The fourth-order valence-electron chi connectivity index (χ4n) is 2.94. The monoisotopic (exact) mass is 385 g/mol. The van der Waals surface area contributed by atoms with Crippen LogP contribution < -0.4 is 4.74 Å². The standard InChI is InChI=1S/C23H31NO4/c1-3-4-5-6-10-15-24(28-18-19-11-8-7-9-12-19)23(26)17-20-13-14-21(25)22(16-20)27-2/h7-9,11-14,16,25H,3-6,10,15,17-18H2,1-2H3. The summed E-state index contributed by atoms with van der Waals surface area (Å²) in [5.74, 6) is 0.326. The van der Waals surface area contributed by atoms with Gasteiger partial charge < -0.3 is 9.84 Å². The van der Waals surface area contributed by atoms with Gasteiger partial charge in [0.05, 0.1) is 13.5 Å². The van der Waals surface area contributed by atoms with E-state index in [-0.39, 0.29) is 18.1 Å². The molecule has 2 rings (SSSR count). The number of nitrogens with zero attached hydrogens (tertiary/aromatic N) is 1. The highest BCUT2D eigenvalue weighted by Gasteiger charge is 2.16. The Kier molecular flexibility index (Phi) is 9.35. The molecule has 0 fully saturated rings. The minimum Gasteiger partial charge on any atom is -0.504 e. The Labute approximate surface area is 167 Å². The van der Waals surface area contributed by atoms with Gasteiger partial charge in [0.2, 0.25) is 0 Å². The number of benzene rings is 2. The van der Waals surface area contributed by atoms with Crippen molar-refractivity contribution in [1.29, 1.82) is 0 Å². The number of unbranched alkanes of at least 4 members (excludes halogenated alkanes) is 4. The predicted molar refractivity (Wildman–Crippen MR) is 110 cm³/mol. The molecule has 0 saturated carbocycles. The van der Waals surface area contributed by atoms with E-state index in [0.717, 1.165) is 24.0 Å². The van der Waals surface area contributed by atoms with E-state index in [2.05, 4.69) is 6.92 Å². The van der Waals surface area contributed by atoms with Gasteiger partial charge in [-0.25, -0.2) is 5.06 Å². The quantitative estimate of drug-likeness (QED) is 0.418. The number of rotatable bonds is 12. The molecule has 28 heavy (non-hydrogen) atoms. The molecule has 0 aromatic heterocycles. The second-order valence-corrected chi connectivity index (χ2v) is 6.85. The van der Waals surface area contributed by atoms with E-state index >= 15 is 0 Å². The summed E-state index contributed by atoms with van der Waals surface area (Å²) in [4.78, 5) is 18.7. The molecule has 0 heterocycles. The molecule has 1 N–H and O–H groups in total. The number of ether oxygens (including phenoxy) is 1. The average Bonchev–Trinajstić information content (AvgIpc) is 2.72. The van der Waals surface area contributed by atoms with Crippen LogP contribution in [0.3, 0.4) is 0 Å². The van der Waals surface area contributed by atoms with Crippen LogP contribution in [0.1, 0.15) is 50.2 Å². The zero-order valence-electron chi connectivity index (χ0n) is 16.9. The topological polar surface area (TPSA) is 59.0 Å². The molecule has 0 radical (unpaired) electrons. The molecule has 0 bridgehead atoms. The Morgan fingerprint density at radius 3 is 2.46 bits per heavy atom. The van der Waals surface area contributed by atoms with E-state index in [9.17, 15) is 9.90 Å². The molecule has 5 nitrogen and oxygen atoms in total. The molecule has 0 unspecified atom stereocenters. The van der Waals surface area contributed by atoms with Gasteiger partial charge >= 0.3 is 0 Å². The Balaban J connectivity index is 1.98. The van der Waals surface area contributed by atoms with Crippen LogP contribution in [-0.2, 0) is 22.7 Å². The highest BCUT2D eigenvalue weighted by molar-refractivity contribution is 5.78. The first-order chi connectivity index (χ1) is 13.6. The van der Waals surface area contributed by atoms with Gasteiger partial charge in [0.25, 0.3) is 5.91 Å². The number of carbonyl (C=O) groups is 1. The van der Waals surface area contributed by atoms with Crippen LogP contribution in [0, 0.1) is 0 Å². The average molecular weight is 386 g/mol. The molecule has 0 aliphatic heterocycles. The van der Waals surface area contributed by atoms with Crippen LogP contribution in [0.25, 0.3) is 0 Å². The summed E-state index contributed by atoms with van der Waals surface area (Å²) in [5, 5.41) is 11.2. The maximum atomic E-state index is 12.8. The van der Waals surface area contributed by atoms with Gasteiger partial charge in [-0.15, -0.1) is 0 Å². The van der Waals surface area contributed by atoms with E-state index in [4.69, 9.17) is 9.57 Å². The highest BCUT2D eigenvalue weighted by atomic mass is 16.7. The molecule has 0 atom stereocenters. The minimum atomic E-state index is -0.0980. The normalized spacial score (nSPS) is 10.6. The molecular formula is C23H31NO4. The number of hydrogen-bond acceptors (Lipinski definition) is 4. The van der Waals surface area contributed by atoms with Crippen LogP contribution in [0.4, 0.5) is 0 Å². The third-order valence-electron chi connectivity index (χ3n) is 4.57. The van der Waals surface area contributed by atoms with E-state index in [1.54, 1.807) is 18.2 Å². The molecule has 2 aromatic rings. The number of methoxy groups -OCH3 is 1. The molecule has 2 aromatic carbocycles. The number of aromatic hydroxyl groups is 1. The van der Waals surface area contributed by atoms with Crippen molar-refractivity contribution in [2.45, 2.75) is 52.1 Å². The molecule has 5 heteroatoms. The lowest BCUT2D eigenvalue weighted by Crippen LogP contribution is -2.33. The molecule has 0 aliphatic carbocycles. The van der Waals surface area contributed by atoms with Crippen molar-refractivity contribution in [3.05, 3.63) is 59.7 Å². The number of amides is 1. The van der Waals surface area contributed by atoms with Crippen molar-refractivity contribution in [3.8, 4) is 11.5 Å². The Hall–Kier alpha value is -2.53. The fraction of sp³-hybridized carbons (Fsp3) is 0.435. The van der Waals surface area contributed by atoms with Gasteiger partial charge in [0, 0.05) is 6.54 Å². The van der Waals surface area contributed by atoms with Crippen molar-refractivity contribution in [2.24, 2.45) is 0 Å². The summed E-state index contributed by atoms with van der Waals surface area (Å²) in [6.45, 7) is 3.12. The molecule has 0 spiro atoms. The number of hydrogen-bond donors (Lipinski definition) is 1. The highest BCUT2D eigenvalue weighted by Crippen LogP contribution is 2.26. The van der Waals surface area contributed by atoms with E-state index in [0.29, 0.717) is 18.9 Å². The second kappa shape index (κ2) is 12.0. The lowest BCUT2D eigenvalue weighted by molar-refractivity contribution is -0.191. The van der Waals surface area contributed by atoms with Crippen LogP contribution in [-0.4, -0.2) is 29.7 Å². The third-order valence-corrected chi connectivity index (χ3v) is 4.57. The first-order valence-corrected chi connectivity index (χ1v) is 9.97. The number of phenols is 1. The van der Waals surface area contributed by atoms with E-state index in [1.807, 2.05) is 30.3 Å². The largest absolute Gasteiger partial charge is 0.504 e. The van der Waals surface area contributed by atoms with Crippen molar-refractivity contribution in [2.75, 3.05) is 13.7 Å². The second-order valence-electron chi connectivity index (χ2n) is 6.85. The van der Waals surface area contributed by atoms with Gasteiger partial charge in [0.1, 0.15) is 6.61 Å². The maximum Gasteiger partial charge on any atom is 0.250 e. The van der Waals surface area contributed by atoms with Crippen LogP contribution in [0.2, 0.25) is 0 Å². The first kappa shape index (κ1) is 21.8. The van der Waals surface area contributed by atoms with Crippen molar-refractivity contribution in [1.82, 2.24) is 5.06 Å². The van der Waals surface area contributed by atoms with Crippen LogP contribution in [0.15, 0.2) is 48.5 Å². The summed E-state index contributed by atoms with van der Waals surface area (Å²) >= 11 is 0. The smallest absolute Gasteiger partial charge is 0.250 e. The maximum absolute atomic E-state index is 12.8. The van der Waals surface area contributed by atoms with Gasteiger partial charge in [-0.3, -0.25) is 9.63 Å². The number of phenolic OH excluding ortho intramolecular Hbond substituents is 1. The molecule has 0 aliphatic rings.